The fraction of sp³-hybridized carbons (Fsp3) is 0.900. The first-order valence-electron chi connectivity index (χ1n) is 10.4. The summed E-state index contributed by atoms with van der Waals surface area (Å²) in [7, 11) is 0. The first kappa shape index (κ1) is 22.9. The van der Waals surface area contributed by atoms with Crippen LogP contribution in [0.3, 0.4) is 0 Å². The van der Waals surface area contributed by atoms with Crippen LogP contribution in [0.1, 0.15) is 104 Å². The van der Waals surface area contributed by atoms with Crippen LogP contribution in [0, 0.1) is 5.92 Å². The summed E-state index contributed by atoms with van der Waals surface area (Å²) in [6.45, 7) is 6.36. The summed E-state index contributed by atoms with van der Waals surface area (Å²) in [5, 5.41) is 0. The molecular weight excluding hydrogens is 336 g/mol. The molecule has 0 amide bonds. The van der Waals surface area contributed by atoms with Gasteiger partial charge >= 0.3 is 17.7 Å². The van der Waals surface area contributed by atoms with E-state index in [1.54, 1.807) is 0 Å². The maximum absolute atomic E-state index is 12.3. The summed E-state index contributed by atoms with van der Waals surface area (Å²) in [5.41, 5.74) is 0. The minimum Gasteiger partial charge on any atom is -0.247 e. The molecule has 0 saturated carbocycles. The molecule has 0 radical (unpaired) electrons. The van der Waals surface area contributed by atoms with Crippen LogP contribution in [0.5, 0.6) is 0 Å². The summed E-state index contributed by atoms with van der Waals surface area (Å²) in [6.07, 6.45) is 12.3. The van der Waals surface area contributed by atoms with E-state index in [-0.39, 0.29) is 5.92 Å². The van der Waals surface area contributed by atoms with Gasteiger partial charge < -0.3 is 0 Å². The molecule has 1 rings (SSSR count). The van der Waals surface area contributed by atoms with Crippen molar-refractivity contribution in [3.8, 4) is 0 Å². The third-order valence-corrected chi connectivity index (χ3v) is 4.80. The molecular formula is C20H36O6. The van der Waals surface area contributed by atoms with Crippen molar-refractivity contribution < 1.29 is 29.1 Å². The van der Waals surface area contributed by atoms with E-state index in [0.717, 1.165) is 70.6 Å². The van der Waals surface area contributed by atoms with Crippen LogP contribution in [0.15, 0.2) is 0 Å². The molecule has 0 aromatic rings. The molecule has 1 aliphatic rings. The Hall–Kier alpha value is -1.14. The fourth-order valence-corrected chi connectivity index (χ4v) is 2.95. The van der Waals surface area contributed by atoms with Crippen molar-refractivity contribution in [2.45, 2.75) is 110 Å². The SMILES string of the molecule is CCCCCCC(CCCC)C(=O)OOC(=O)C1(CCCCCC)OO1. The Balaban J connectivity index is 2.36. The molecule has 0 bridgehead atoms. The zero-order valence-electron chi connectivity index (χ0n) is 16.7. The van der Waals surface area contributed by atoms with Gasteiger partial charge in [-0.1, -0.05) is 78.6 Å². The molecule has 1 fully saturated rings. The summed E-state index contributed by atoms with van der Waals surface area (Å²) in [5.74, 6) is -2.83. The number of rotatable bonds is 15. The van der Waals surface area contributed by atoms with Gasteiger partial charge in [0, 0.05) is 6.42 Å². The zero-order valence-corrected chi connectivity index (χ0v) is 16.7. The smallest absolute Gasteiger partial charge is 0.247 e. The largest absolute Gasteiger partial charge is 0.420 e. The van der Waals surface area contributed by atoms with Crippen LogP contribution in [0.4, 0.5) is 0 Å². The maximum Gasteiger partial charge on any atom is 0.420 e. The monoisotopic (exact) mass is 372 g/mol. The predicted molar refractivity (Wildman–Crippen MR) is 97.6 cm³/mol. The van der Waals surface area contributed by atoms with Gasteiger partial charge in [0.15, 0.2) is 0 Å². The van der Waals surface area contributed by atoms with Gasteiger partial charge in [-0.15, -0.1) is 0 Å². The van der Waals surface area contributed by atoms with Crippen LogP contribution < -0.4 is 0 Å². The summed E-state index contributed by atoms with van der Waals surface area (Å²) in [6, 6.07) is 0. The Kier molecular flexibility index (Phi) is 11.5. The number of hydrogen-bond acceptors (Lipinski definition) is 6. The lowest BCUT2D eigenvalue weighted by Crippen LogP contribution is -2.29. The van der Waals surface area contributed by atoms with Crippen LogP contribution in [0.25, 0.3) is 0 Å². The highest BCUT2D eigenvalue weighted by molar-refractivity contribution is 5.80. The third-order valence-electron chi connectivity index (χ3n) is 4.80. The van der Waals surface area contributed by atoms with Crippen molar-refractivity contribution in [1.29, 1.82) is 0 Å². The highest BCUT2D eigenvalue weighted by Crippen LogP contribution is 2.36. The average molecular weight is 373 g/mol. The van der Waals surface area contributed by atoms with Crippen molar-refractivity contribution in [3.05, 3.63) is 0 Å². The molecule has 1 saturated heterocycles. The molecule has 0 aliphatic carbocycles. The van der Waals surface area contributed by atoms with Gasteiger partial charge in [-0.05, 0) is 19.3 Å². The zero-order chi connectivity index (χ0) is 19.3. The van der Waals surface area contributed by atoms with Crippen LogP contribution in [-0.2, 0) is 29.1 Å². The van der Waals surface area contributed by atoms with Crippen molar-refractivity contribution in [2.75, 3.05) is 0 Å². The van der Waals surface area contributed by atoms with E-state index in [1.807, 2.05) is 0 Å². The predicted octanol–water partition coefficient (Wildman–Crippen LogP) is 5.39. The molecule has 0 aromatic carbocycles. The number of hydrogen-bond donors (Lipinski definition) is 0. The van der Waals surface area contributed by atoms with Gasteiger partial charge in [0.1, 0.15) is 0 Å². The highest BCUT2D eigenvalue weighted by atomic mass is 17.4. The van der Waals surface area contributed by atoms with E-state index >= 15 is 0 Å². The van der Waals surface area contributed by atoms with E-state index < -0.39 is 17.7 Å². The molecule has 1 heterocycles. The number of carbonyl (C=O) groups is 2. The maximum atomic E-state index is 12.3. The second-order valence-corrected chi connectivity index (χ2v) is 7.19. The second kappa shape index (κ2) is 13.1. The second-order valence-electron chi connectivity index (χ2n) is 7.19. The van der Waals surface area contributed by atoms with Crippen molar-refractivity contribution in [1.82, 2.24) is 0 Å². The normalized spacial score (nSPS) is 16.1. The summed E-state index contributed by atoms with van der Waals surface area (Å²) >= 11 is 0. The summed E-state index contributed by atoms with van der Waals surface area (Å²) in [4.78, 5) is 43.6. The lowest BCUT2D eigenvalue weighted by molar-refractivity contribution is -0.267. The third kappa shape index (κ3) is 8.49. The molecule has 152 valence electrons. The number of unbranched alkanes of at least 4 members (excludes halogenated alkanes) is 7. The van der Waals surface area contributed by atoms with E-state index in [2.05, 4.69) is 20.8 Å². The first-order chi connectivity index (χ1) is 12.6. The highest BCUT2D eigenvalue weighted by Gasteiger charge is 2.59. The van der Waals surface area contributed by atoms with Gasteiger partial charge in [0.2, 0.25) is 0 Å². The van der Waals surface area contributed by atoms with Crippen molar-refractivity contribution in [2.24, 2.45) is 5.92 Å². The molecule has 0 aromatic heterocycles. The van der Waals surface area contributed by atoms with Crippen LogP contribution in [0.2, 0.25) is 0 Å². The molecule has 0 N–H and O–H groups in total. The van der Waals surface area contributed by atoms with Gasteiger partial charge in [-0.25, -0.2) is 19.4 Å². The summed E-state index contributed by atoms with van der Waals surface area (Å²) < 4.78 is 0. The lowest BCUT2D eigenvalue weighted by Gasteiger charge is -2.14. The van der Waals surface area contributed by atoms with Gasteiger partial charge in [0.25, 0.3) is 0 Å². The van der Waals surface area contributed by atoms with Gasteiger partial charge in [-0.3, -0.25) is 0 Å². The quantitative estimate of drug-likeness (QED) is 0.166. The minimum atomic E-state index is -1.37. The minimum absolute atomic E-state index is 0.221. The standard InChI is InChI=1S/C20H36O6/c1-4-7-10-12-15-17(14-9-6-3)18(21)23-24-19(22)20(25-26-20)16-13-11-8-5-2/h17H,4-16H2,1-3H3. The molecule has 1 unspecified atom stereocenters. The van der Waals surface area contributed by atoms with Crippen molar-refractivity contribution in [3.63, 3.8) is 0 Å². The van der Waals surface area contributed by atoms with E-state index in [1.165, 1.54) is 6.42 Å². The lowest BCUT2D eigenvalue weighted by atomic mass is 9.95. The Morgan fingerprint density at radius 1 is 0.769 bits per heavy atom. The van der Waals surface area contributed by atoms with Crippen LogP contribution in [-0.4, -0.2) is 17.7 Å². The molecule has 0 spiro atoms. The topological polar surface area (TPSA) is 77.7 Å². The van der Waals surface area contributed by atoms with Crippen LogP contribution >= 0.6 is 0 Å². The van der Waals surface area contributed by atoms with Crippen molar-refractivity contribution >= 4 is 11.9 Å². The average Bonchev–Trinajstić information content (AvgIpc) is 3.43. The number of carbonyl (C=O) groups excluding carboxylic acids is 2. The van der Waals surface area contributed by atoms with Gasteiger partial charge in [-0.2, -0.15) is 9.78 Å². The Morgan fingerprint density at radius 2 is 1.35 bits per heavy atom. The molecule has 6 nitrogen and oxygen atoms in total. The fourth-order valence-electron chi connectivity index (χ4n) is 2.95. The molecule has 26 heavy (non-hydrogen) atoms. The van der Waals surface area contributed by atoms with E-state index in [4.69, 9.17) is 19.6 Å². The van der Waals surface area contributed by atoms with E-state index in [0.29, 0.717) is 6.42 Å². The molecule has 1 aliphatic heterocycles. The molecule has 6 heteroatoms. The van der Waals surface area contributed by atoms with Gasteiger partial charge in [0.05, 0.1) is 5.92 Å². The Labute approximate surface area is 157 Å². The Morgan fingerprint density at radius 3 is 1.92 bits per heavy atom. The first-order valence-corrected chi connectivity index (χ1v) is 10.4. The molecule has 1 atom stereocenters. The Bertz CT molecular complexity index is 405. The van der Waals surface area contributed by atoms with E-state index in [9.17, 15) is 9.59 Å².